The maximum absolute atomic E-state index is 15.2. The largest absolute Gasteiger partial charge is 0.326 e. The number of hydrogen-bond donors (Lipinski definition) is 2. The van der Waals surface area contributed by atoms with Crippen molar-refractivity contribution >= 4 is 36.5 Å². The monoisotopic (exact) mass is 499 g/mol. The number of benzene rings is 3. The SMILES string of the molecule is Cc1ccc(NC(=O)N[C@@H]2CCN(c3ccc(-c4ccccc4P(C)C)c(F)c3F)C2=O)c(F)c1. The molecule has 5 nitrogen and oxygen atoms in total. The molecular weight excluding hydrogens is 474 g/mol. The van der Waals surface area contributed by atoms with E-state index in [9.17, 15) is 14.0 Å². The molecule has 0 spiro atoms. The Balaban J connectivity index is 1.51. The van der Waals surface area contributed by atoms with E-state index in [2.05, 4.69) is 10.6 Å². The van der Waals surface area contributed by atoms with Crippen molar-refractivity contribution in [3.05, 3.63) is 77.6 Å². The van der Waals surface area contributed by atoms with Crippen LogP contribution in [0.5, 0.6) is 0 Å². The second-order valence-corrected chi connectivity index (χ2v) is 10.9. The summed E-state index contributed by atoms with van der Waals surface area (Å²) < 4.78 is 44.3. The van der Waals surface area contributed by atoms with Gasteiger partial charge in [-0.05, 0) is 67.4 Å². The zero-order valence-corrected chi connectivity index (χ0v) is 20.4. The van der Waals surface area contributed by atoms with Crippen molar-refractivity contribution in [2.75, 3.05) is 30.1 Å². The predicted molar refractivity (Wildman–Crippen MR) is 134 cm³/mol. The van der Waals surface area contributed by atoms with Crippen LogP contribution in [0.3, 0.4) is 0 Å². The number of anilines is 2. The molecule has 1 fully saturated rings. The van der Waals surface area contributed by atoms with Crippen LogP contribution in [0.15, 0.2) is 54.6 Å². The summed E-state index contributed by atoms with van der Waals surface area (Å²) in [5.41, 5.74) is 1.25. The van der Waals surface area contributed by atoms with Crippen LogP contribution in [0.25, 0.3) is 11.1 Å². The van der Waals surface area contributed by atoms with Crippen LogP contribution in [0.4, 0.5) is 29.3 Å². The number of carbonyl (C=O) groups excluding carboxylic acids is 2. The third-order valence-corrected chi connectivity index (χ3v) is 7.27. The molecule has 3 aromatic carbocycles. The number of carbonyl (C=O) groups is 2. The highest BCUT2D eigenvalue weighted by Gasteiger charge is 2.36. The lowest BCUT2D eigenvalue weighted by molar-refractivity contribution is -0.118. The summed E-state index contributed by atoms with van der Waals surface area (Å²) in [5.74, 6) is -3.31. The van der Waals surface area contributed by atoms with Gasteiger partial charge in [0.15, 0.2) is 11.6 Å². The molecule has 0 bridgehead atoms. The molecule has 0 aliphatic carbocycles. The normalized spacial score (nSPS) is 15.6. The van der Waals surface area contributed by atoms with Crippen molar-refractivity contribution in [3.8, 4) is 11.1 Å². The van der Waals surface area contributed by atoms with Crippen molar-refractivity contribution in [1.29, 1.82) is 0 Å². The summed E-state index contributed by atoms with van der Waals surface area (Å²) in [4.78, 5) is 26.3. The minimum atomic E-state index is -1.12. The van der Waals surface area contributed by atoms with Crippen molar-refractivity contribution in [2.24, 2.45) is 0 Å². The molecule has 35 heavy (non-hydrogen) atoms. The van der Waals surface area contributed by atoms with Crippen LogP contribution in [-0.2, 0) is 4.79 Å². The first-order chi connectivity index (χ1) is 16.7. The van der Waals surface area contributed by atoms with Gasteiger partial charge >= 0.3 is 6.03 Å². The summed E-state index contributed by atoms with van der Waals surface area (Å²) in [6.45, 7) is 5.90. The van der Waals surface area contributed by atoms with E-state index in [-0.39, 0.29) is 29.9 Å². The lowest BCUT2D eigenvalue weighted by Crippen LogP contribution is -2.43. The predicted octanol–water partition coefficient (Wildman–Crippen LogP) is 5.37. The highest BCUT2D eigenvalue weighted by Crippen LogP contribution is 2.35. The van der Waals surface area contributed by atoms with E-state index in [1.807, 2.05) is 25.5 Å². The molecular formula is C26H25F3N3O2P. The second kappa shape index (κ2) is 10.1. The Morgan fingerprint density at radius 1 is 1.00 bits per heavy atom. The van der Waals surface area contributed by atoms with Crippen LogP contribution in [-0.4, -0.2) is 37.9 Å². The molecule has 9 heteroatoms. The number of hydrogen-bond acceptors (Lipinski definition) is 2. The Morgan fingerprint density at radius 3 is 2.46 bits per heavy atom. The first-order valence-electron chi connectivity index (χ1n) is 11.1. The first-order valence-corrected chi connectivity index (χ1v) is 13.3. The third kappa shape index (κ3) is 5.03. The molecule has 4 rings (SSSR count). The summed E-state index contributed by atoms with van der Waals surface area (Å²) in [6, 6.07) is 12.8. The van der Waals surface area contributed by atoms with Gasteiger partial charge < -0.3 is 15.5 Å². The fraction of sp³-hybridized carbons (Fsp3) is 0.231. The van der Waals surface area contributed by atoms with Crippen LogP contribution in [0.1, 0.15) is 12.0 Å². The Hall–Kier alpha value is -3.38. The maximum Gasteiger partial charge on any atom is 0.319 e. The number of nitrogens with one attached hydrogen (secondary N) is 2. The molecule has 1 saturated heterocycles. The van der Waals surface area contributed by atoms with Crippen molar-refractivity contribution < 1.29 is 22.8 Å². The molecule has 0 saturated carbocycles. The van der Waals surface area contributed by atoms with E-state index in [1.54, 1.807) is 25.1 Å². The van der Waals surface area contributed by atoms with E-state index in [1.165, 1.54) is 24.3 Å². The topological polar surface area (TPSA) is 61.4 Å². The van der Waals surface area contributed by atoms with Crippen LogP contribution < -0.4 is 20.8 Å². The van der Waals surface area contributed by atoms with Crippen LogP contribution in [0.2, 0.25) is 0 Å². The smallest absolute Gasteiger partial charge is 0.319 e. The van der Waals surface area contributed by atoms with Gasteiger partial charge in [-0.25, -0.2) is 18.0 Å². The molecule has 182 valence electrons. The van der Waals surface area contributed by atoms with E-state index in [0.717, 1.165) is 10.2 Å². The van der Waals surface area contributed by atoms with Gasteiger partial charge in [-0.1, -0.05) is 38.3 Å². The third-order valence-electron chi connectivity index (χ3n) is 5.91. The van der Waals surface area contributed by atoms with E-state index < -0.39 is 43.4 Å². The summed E-state index contributed by atoms with van der Waals surface area (Å²) in [7, 11) is -0.546. The molecule has 2 N–H and O–H groups in total. The van der Waals surface area contributed by atoms with E-state index in [0.29, 0.717) is 11.1 Å². The van der Waals surface area contributed by atoms with Gasteiger partial charge in [0.25, 0.3) is 0 Å². The van der Waals surface area contributed by atoms with Crippen LogP contribution in [0, 0.1) is 24.4 Å². The number of amides is 3. The Bertz CT molecular complexity index is 1300. The molecule has 1 heterocycles. The minimum Gasteiger partial charge on any atom is -0.326 e. The highest BCUT2D eigenvalue weighted by atomic mass is 31.1. The molecule has 0 unspecified atom stereocenters. The Kier molecular flexibility index (Phi) is 7.13. The maximum atomic E-state index is 15.2. The summed E-state index contributed by atoms with van der Waals surface area (Å²) in [6.07, 6.45) is 0.199. The number of urea groups is 1. The molecule has 1 aliphatic heterocycles. The van der Waals surface area contributed by atoms with Gasteiger partial charge in [0.2, 0.25) is 5.91 Å². The van der Waals surface area contributed by atoms with Crippen molar-refractivity contribution in [3.63, 3.8) is 0 Å². The number of rotatable bonds is 5. The summed E-state index contributed by atoms with van der Waals surface area (Å²) >= 11 is 0. The zero-order chi connectivity index (χ0) is 25.3. The quantitative estimate of drug-likeness (QED) is 0.464. The molecule has 1 atom stereocenters. The molecule has 3 amide bonds. The van der Waals surface area contributed by atoms with E-state index >= 15 is 8.78 Å². The number of halogens is 3. The summed E-state index contributed by atoms with van der Waals surface area (Å²) in [5, 5.41) is 5.81. The van der Waals surface area contributed by atoms with Crippen LogP contribution >= 0.6 is 7.92 Å². The van der Waals surface area contributed by atoms with Gasteiger partial charge in [0.05, 0.1) is 11.4 Å². The fourth-order valence-electron chi connectivity index (χ4n) is 4.14. The standard InChI is InChI=1S/C26H25F3N3O2P/c1-15-8-10-19(18(27)14-15)30-26(34)31-20-12-13-32(25(20)33)21-11-9-17(23(28)24(21)29)16-6-4-5-7-22(16)35(2)3/h4-11,14,20H,12-13H2,1-3H3,(H2,30,31,34)/t20-/m1/s1. The molecule has 0 aromatic heterocycles. The molecule has 3 aromatic rings. The molecule has 0 radical (unpaired) electrons. The number of aryl methyl sites for hydroxylation is 1. The average Bonchev–Trinajstić information content (AvgIpc) is 3.17. The Morgan fingerprint density at radius 2 is 1.74 bits per heavy atom. The van der Waals surface area contributed by atoms with Gasteiger partial charge in [0, 0.05) is 12.1 Å². The van der Waals surface area contributed by atoms with Gasteiger partial charge in [-0.2, -0.15) is 0 Å². The first kappa shape index (κ1) is 24.7. The Labute approximate surface area is 203 Å². The van der Waals surface area contributed by atoms with Crippen molar-refractivity contribution in [1.82, 2.24) is 5.32 Å². The van der Waals surface area contributed by atoms with Crippen molar-refractivity contribution in [2.45, 2.75) is 19.4 Å². The lowest BCUT2D eigenvalue weighted by Gasteiger charge is -2.20. The minimum absolute atomic E-state index is 0.0257. The number of nitrogens with zero attached hydrogens (tertiary/aromatic N) is 1. The zero-order valence-electron chi connectivity index (χ0n) is 19.5. The van der Waals surface area contributed by atoms with E-state index in [4.69, 9.17) is 0 Å². The average molecular weight is 499 g/mol. The van der Waals surface area contributed by atoms with Gasteiger partial charge in [0.1, 0.15) is 11.9 Å². The lowest BCUT2D eigenvalue weighted by atomic mass is 10.0. The highest BCUT2D eigenvalue weighted by molar-refractivity contribution is 7.64. The second-order valence-electron chi connectivity index (χ2n) is 8.58. The fourth-order valence-corrected chi connectivity index (χ4v) is 5.20. The van der Waals surface area contributed by atoms with Gasteiger partial charge in [-0.3, -0.25) is 4.79 Å². The van der Waals surface area contributed by atoms with Gasteiger partial charge in [-0.15, -0.1) is 0 Å². The molecule has 1 aliphatic rings.